The van der Waals surface area contributed by atoms with Crippen LogP contribution in [0.15, 0.2) is 36.5 Å². The van der Waals surface area contributed by atoms with Crippen LogP contribution in [0.2, 0.25) is 0 Å². The second-order valence-electron chi connectivity index (χ2n) is 6.73. The van der Waals surface area contributed by atoms with Crippen LogP contribution in [0.5, 0.6) is 0 Å². The summed E-state index contributed by atoms with van der Waals surface area (Å²) < 4.78 is 0. The van der Waals surface area contributed by atoms with Gasteiger partial charge in [0, 0.05) is 38.4 Å². The van der Waals surface area contributed by atoms with Gasteiger partial charge in [-0.2, -0.15) is 0 Å². The second kappa shape index (κ2) is 7.56. The molecule has 0 atom stereocenters. The first-order valence-corrected chi connectivity index (χ1v) is 8.81. The first kappa shape index (κ1) is 17.9. The van der Waals surface area contributed by atoms with Crippen LogP contribution in [0.3, 0.4) is 0 Å². The average molecular weight is 352 g/mol. The minimum atomic E-state index is -0.288. The fraction of sp³-hybridized carbons (Fsp3) is 0.350. The van der Waals surface area contributed by atoms with Crippen molar-refractivity contribution in [2.24, 2.45) is 0 Å². The van der Waals surface area contributed by atoms with Crippen LogP contribution in [-0.4, -0.2) is 48.9 Å². The van der Waals surface area contributed by atoms with Gasteiger partial charge in [-0.3, -0.25) is 9.59 Å². The standard InChI is InChI=1S/C20H24N4O2/c1-14-16(20(26)24-11-4-5-12-24)7-6-8-17(14)22-19(25)18-10-9-15(13-21-18)23(2)3/h6-10,13H,4-5,11-12H2,1-3H3,(H,22,25). The number of nitrogens with one attached hydrogen (secondary N) is 1. The largest absolute Gasteiger partial charge is 0.376 e. The maximum atomic E-state index is 12.7. The Morgan fingerprint density at radius 3 is 2.46 bits per heavy atom. The van der Waals surface area contributed by atoms with Crippen LogP contribution in [-0.2, 0) is 0 Å². The van der Waals surface area contributed by atoms with Crippen LogP contribution in [0.25, 0.3) is 0 Å². The van der Waals surface area contributed by atoms with Gasteiger partial charge in [0.2, 0.25) is 0 Å². The molecule has 0 radical (unpaired) electrons. The number of carbonyl (C=O) groups excluding carboxylic acids is 2. The van der Waals surface area contributed by atoms with E-state index < -0.39 is 0 Å². The number of hydrogen-bond donors (Lipinski definition) is 1. The number of aromatic nitrogens is 1. The van der Waals surface area contributed by atoms with Crippen LogP contribution in [0.4, 0.5) is 11.4 Å². The van der Waals surface area contributed by atoms with Crippen molar-refractivity contribution in [3.05, 3.63) is 53.3 Å². The van der Waals surface area contributed by atoms with Crippen molar-refractivity contribution in [1.82, 2.24) is 9.88 Å². The zero-order valence-electron chi connectivity index (χ0n) is 15.5. The number of likely N-dealkylation sites (tertiary alicyclic amines) is 1. The molecule has 0 unspecified atom stereocenters. The zero-order valence-corrected chi connectivity index (χ0v) is 15.5. The Bertz CT molecular complexity index is 809. The van der Waals surface area contributed by atoms with E-state index in [1.807, 2.05) is 49.0 Å². The molecule has 6 heteroatoms. The third kappa shape index (κ3) is 3.69. The molecule has 2 amide bonds. The number of carbonyl (C=O) groups is 2. The zero-order chi connectivity index (χ0) is 18.7. The van der Waals surface area contributed by atoms with E-state index in [1.54, 1.807) is 18.3 Å². The lowest BCUT2D eigenvalue weighted by Gasteiger charge is -2.18. The number of amides is 2. The molecule has 1 aliphatic heterocycles. The molecule has 6 nitrogen and oxygen atoms in total. The maximum Gasteiger partial charge on any atom is 0.274 e. The van der Waals surface area contributed by atoms with Gasteiger partial charge in [0.05, 0.1) is 11.9 Å². The summed E-state index contributed by atoms with van der Waals surface area (Å²) in [6.45, 7) is 3.47. The SMILES string of the molecule is Cc1c(NC(=O)c2ccc(N(C)C)cn2)cccc1C(=O)N1CCCC1. The number of anilines is 2. The highest BCUT2D eigenvalue weighted by molar-refractivity contribution is 6.05. The van der Waals surface area contributed by atoms with Crippen molar-refractivity contribution in [1.29, 1.82) is 0 Å². The van der Waals surface area contributed by atoms with Gasteiger partial charge < -0.3 is 15.1 Å². The summed E-state index contributed by atoms with van der Waals surface area (Å²) in [5.74, 6) is -0.256. The van der Waals surface area contributed by atoms with E-state index in [0.29, 0.717) is 16.9 Å². The van der Waals surface area contributed by atoms with Gasteiger partial charge in [-0.1, -0.05) is 6.07 Å². The number of rotatable bonds is 4. The summed E-state index contributed by atoms with van der Waals surface area (Å²) in [7, 11) is 3.84. The van der Waals surface area contributed by atoms with Crippen molar-refractivity contribution >= 4 is 23.2 Å². The number of benzene rings is 1. The summed E-state index contributed by atoms with van der Waals surface area (Å²) in [6.07, 6.45) is 3.76. The molecular formula is C20H24N4O2. The molecule has 1 aliphatic rings. The van der Waals surface area contributed by atoms with Gasteiger partial charge in [-0.05, 0) is 49.6 Å². The Kier molecular flexibility index (Phi) is 5.21. The van der Waals surface area contributed by atoms with Gasteiger partial charge in [-0.25, -0.2) is 4.98 Å². The summed E-state index contributed by atoms with van der Waals surface area (Å²) in [4.78, 5) is 33.2. The molecule has 136 valence electrons. The fourth-order valence-corrected chi connectivity index (χ4v) is 3.06. The molecule has 0 aliphatic carbocycles. The Hall–Kier alpha value is -2.89. The lowest BCUT2D eigenvalue weighted by molar-refractivity contribution is 0.0791. The molecule has 2 heterocycles. The number of pyridine rings is 1. The van der Waals surface area contributed by atoms with E-state index in [4.69, 9.17) is 0 Å². The van der Waals surface area contributed by atoms with Crippen molar-refractivity contribution in [3.8, 4) is 0 Å². The van der Waals surface area contributed by atoms with Crippen molar-refractivity contribution in [3.63, 3.8) is 0 Å². The first-order chi connectivity index (χ1) is 12.5. The fourth-order valence-electron chi connectivity index (χ4n) is 3.06. The predicted octanol–water partition coefficient (Wildman–Crippen LogP) is 2.94. The van der Waals surface area contributed by atoms with Crippen molar-refractivity contribution in [2.45, 2.75) is 19.8 Å². The monoisotopic (exact) mass is 352 g/mol. The summed E-state index contributed by atoms with van der Waals surface area (Å²) in [6, 6.07) is 8.97. The molecular weight excluding hydrogens is 328 g/mol. The van der Waals surface area contributed by atoms with Crippen LogP contribution in [0.1, 0.15) is 39.3 Å². The van der Waals surface area contributed by atoms with Gasteiger partial charge in [-0.15, -0.1) is 0 Å². The molecule has 1 saturated heterocycles. The Labute approximate surface area is 153 Å². The predicted molar refractivity (Wildman–Crippen MR) is 103 cm³/mol. The Morgan fingerprint density at radius 1 is 1.12 bits per heavy atom. The van der Waals surface area contributed by atoms with Crippen molar-refractivity contribution in [2.75, 3.05) is 37.4 Å². The molecule has 0 spiro atoms. The molecule has 1 N–H and O–H groups in total. The smallest absolute Gasteiger partial charge is 0.274 e. The molecule has 3 rings (SSSR count). The molecule has 0 bridgehead atoms. The molecule has 1 aromatic carbocycles. The van der Waals surface area contributed by atoms with E-state index >= 15 is 0 Å². The minimum Gasteiger partial charge on any atom is -0.376 e. The van der Waals surface area contributed by atoms with Gasteiger partial charge in [0.15, 0.2) is 0 Å². The Morgan fingerprint density at radius 2 is 1.85 bits per heavy atom. The Balaban J connectivity index is 1.78. The van der Waals surface area contributed by atoms with Gasteiger partial charge in [0.25, 0.3) is 11.8 Å². The molecule has 1 fully saturated rings. The highest BCUT2D eigenvalue weighted by atomic mass is 16.2. The van der Waals surface area contributed by atoms with Crippen molar-refractivity contribution < 1.29 is 9.59 Å². The van der Waals surface area contributed by atoms with E-state index in [1.165, 1.54) is 0 Å². The highest BCUT2D eigenvalue weighted by Crippen LogP contribution is 2.23. The van der Waals surface area contributed by atoms with Crippen LogP contribution in [0, 0.1) is 6.92 Å². The molecule has 1 aromatic heterocycles. The normalized spacial score (nSPS) is 13.6. The lowest BCUT2D eigenvalue weighted by Crippen LogP contribution is -2.28. The quantitative estimate of drug-likeness (QED) is 0.919. The van der Waals surface area contributed by atoms with E-state index in [-0.39, 0.29) is 11.8 Å². The maximum absolute atomic E-state index is 12.7. The second-order valence-corrected chi connectivity index (χ2v) is 6.73. The number of nitrogens with zero attached hydrogens (tertiary/aromatic N) is 3. The third-order valence-corrected chi connectivity index (χ3v) is 4.70. The molecule has 2 aromatic rings. The topological polar surface area (TPSA) is 65.5 Å². The van der Waals surface area contributed by atoms with E-state index in [9.17, 15) is 9.59 Å². The summed E-state index contributed by atoms with van der Waals surface area (Å²) >= 11 is 0. The highest BCUT2D eigenvalue weighted by Gasteiger charge is 2.22. The van der Waals surface area contributed by atoms with Crippen LogP contribution < -0.4 is 10.2 Å². The lowest BCUT2D eigenvalue weighted by atomic mass is 10.1. The third-order valence-electron chi connectivity index (χ3n) is 4.70. The first-order valence-electron chi connectivity index (χ1n) is 8.81. The van der Waals surface area contributed by atoms with E-state index in [0.717, 1.165) is 37.2 Å². The molecule has 0 saturated carbocycles. The van der Waals surface area contributed by atoms with Gasteiger partial charge in [0.1, 0.15) is 5.69 Å². The number of hydrogen-bond acceptors (Lipinski definition) is 4. The minimum absolute atomic E-state index is 0.0320. The van der Waals surface area contributed by atoms with Crippen LogP contribution >= 0.6 is 0 Å². The average Bonchev–Trinajstić information content (AvgIpc) is 3.17. The summed E-state index contributed by atoms with van der Waals surface area (Å²) in [5, 5.41) is 2.88. The molecule has 26 heavy (non-hydrogen) atoms. The summed E-state index contributed by atoms with van der Waals surface area (Å²) in [5.41, 5.74) is 3.32. The van der Waals surface area contributed by atoms with E-state index in [2.05, 4.69) is 10.3 Å². The van der Waals surface area contributed by atoms with Gasteiger partial charge >= 0.3 is 0 Å².